The SMILES string of the molecule is ClCC1(CNCC2CC3CCC2C3)CCCCC1. The molecule has 104 valence electrons. The fourth-order valence-electron chi connectivity index (χ4n) is 4.81. The highest BCUT2D eigenvalue weighted by Crippen LogP contribution is 2.48. The van der Waals surface area contributed by atoms with Gasteiger partial charge >= 0.3 is 0 Å². The summed E-state index contributed by atoms with van der Waals surface area (Å²) >= 11 is 6.26. The van der Waals surface area contributed by atoms with Crippen LogP contribution in [0.4, 0.5) is 0 Å². The Kier molecular flexibility index (Phi) is 4.20. The van der Waals surface area contributed by atoms with Crippen molar-refractivity contribution >= 4 is 11.6 Å². The van der Waals surface area contributed by atoms with Crippen LogP contribution in [0.1, 0.15) is 57.8 Å². The molecular formula is C16H28ClN. The lowest BCUT2D eigenvalue weighted by Gasteiger charge is -2.36. The van der Waals surface area contributed by atoms with Gasteiger partial charge < -0.3 is 5.32 Å². The van der Waals surface area contributed by atoms with Gasteiger partial charge in [-0.05, 0) is 61.8 Å². The molecule has 2 heteroatoms. The molecule has 0 radical (unpaired) electrons. The Morgan fingerprint density at radius 1 is 1.06 bits per heavy atom. The number of rotatable bonds is 5. The Morgan fingerprint density at radius 2 is 1.89 bits per heavy atom. The van der Waals surface area contributed by atoms with Crippen LogP contribution in [0.15, 0.2) is 0 Å². The third kappa shape index (κ3) is 2.72. The first kappa shape index (κ1) is 13.2. The zero-order valence-electron chi connectivity index (χ0n) is 11.6. The van der Waals surface area contributed by atoms with Crippen LogP contribution in [-0.2, 0) is 0 Å². The van der Waals surface area contributed by atoms with Crippen molar-refractivity contribution < 1.29 is 0 Å². The van der Waals surface area contributed by atoms with Crippen molar-refractivity contribution in [2.45, 2.75) is 57.8 Å². The average molecular weight is 270 g/mol. The molecule has 18 heavy (non-hydrogen) atoms. The fraction of sp³-hybridized carbons (Fsp3) is 1.00. The van der Waals surface area contributed by atoms with Crippen molar-refractivity contribution in [1.82, 2.24) is 5.32 Å². The number of alkyl halides is 1. The van der Waals surface area contributed by atoms with Gasteiger partial charge in [0, 0.05) is 12.4 Å². The molecule has 3 saturated carbocycles. The van der Waals surface area contributed by atoms with Gasteiger partial charge in [-0.15, -0.1) is 11.6 Å². The lowest BCUT2D eigenvalue weighted by molar-refractivity contribution is 0.202. The Balaban J connectivity index is 1.43. The lowest BCUT2D eigenvalue weighted by atomic mass is 9.75. The van der Waals surface area contributed by atoms with Crippen molar-refractivity contribution in [3.05, 3.63) is 0 Å². The first-order chi connectivity index (χ1) is 8.81. The summed E-state index contributed by atoms with van der Waals surface area (Å²) in [5, 5.41) is 3.79. The van der Waals surface area contributed by atoms with Gasteiger partial charge in [0.1, 0.15) is 0 Å². The molecule has 3 unspecified atom stereocenters. The van der Waals surface area contributed by atoms with E-state index in [2.05, 4.69) is 5.32 Å². The maximum atomic E-state index is 6.26. The Hall–Kier alpha value is 0.250. The second kappa shape index (κ2) is 5.71. The van der Waals surface area contributed by atoms with Crippen LogP contribution < -0.4 is 5.32 Å². The van der Waals surface area contributed by atoms with Crippen LogP contribution in [-0.4, -0.2) is 19.0 Å². The Bertz CT molecular complexity index is 272. The summed E-state index contributed by atoms with van der Waals surface area (Å²) in [6.07, 6.45) is 13.0. The van der Waals surface area contributed by atoms with Gasteiger partial charge in [-0.3, -0.25) is 0 Å². The van der Waals surface area contributed by atoms with E-state index in [9.17, 15) is 0 Å². The highest BCUT2D eigenvalue weighted by atomic mass is 35.5. The highest BCUT2D eigenvalue weighted by molar-refractivity contribution is 6.18. The minimum atomic E-state index is 0.428. The van der Waals surface area contributed by atoms with E-state index in [0.717, 1.165) is 23.6 Å². The molecule has 3 fully saturated rings. The topological polar surface area (TPSA) is 12.0 Å². The molecule has 3 atom stereocenters. The number of hydrogen-bond acceptors (Lipinski definition) is 1. The van der Waals surface area contributed by atoms with Crippen molar-refractivity contribution in [3.8, 4) is 0 Å². The molecule has 0 aliphatic heterocycles. The lowest BCUT2D eigenvalue weighted by Crippen LogP contribution is -2.40. The molecule has 1 N–H and O–H groups in total. The van der Waals surface area contributed by atoms with Gasteiger partial charge in [0.15, 0.2) is 0 Å². The summed E-state index contributed by atoms with van der Waals surface area (Å²) in [7, 11) is 0. The van der Waals surface area contributed by atoms with Crippen molar-refractivity contribution in [3.63, 3.8) is 0 Å². The average Bonchev–Trinajstić information content (AvgIpc) is 3.02. The first-order valence-electron chi connectivity index (χ1n) is 8.08. The van der Waals surface area contributed by atoms with E-state index in [4.69, 9.17) is 11.6 Å². The first-order valence-corrected chi connectivity index (χ1v) is 8.61. The molecule has 0 saturated heterocycles. The Labute approximate surface area is 117 Å². The second-order valence-electron chi connectivity index (χ2n) is 7.26. The van der Waals surface area contributed by atoms with Crippen LogP contribution in [0.2, 0.25) is 0 Å². The Morgan fingerprint density at radius 3 is 2.50 bits per heavy atom. The zero-order chi connectivity index (χ0) is 12.4. The summed E-state index contributed by atoms with van der Waals surface area (Å²) in [5.41, 5.74) is 0.428. The summed E-state index contributed by atoms with van der Waals surface area (Å²) in [5.74, 6) is 3.98. The van der Waals surface area contributed by atoms with E-state index in [-0.39, 0.29) is 0 Å². The van der Waals surface area contributed by atoms with Gasteiger partial charge in [-0.1, -0.05) is 25.7 Å². The van der Waals surface area contributed by atoms with E-state index in [1.165, 1.54) is 70.9 Å². The largest absolute Gasteiger partial charge is 0.316 e. The van der Waals surface area contributed by atoms with Crippen molar-refractivity contribution in [2.75, 3.05) is 19.0 Å². The van der Waals surface area contributed by atoms with Crippen LogP contribution in [0, 0.1) is 23.2 Å². The molecule has 0 aromatic heterocycles. The number of nitrogens with one attached hydrogen (secondary N) is 1. The van der Waals surface area contributed by atoms with Crippen LogP contribution >= 0.6 is 11.6 Å². The number of fused-ring (bicyclic) bond motifs is 2. The third-order valence-corrected chi connectivity index (χ3v) is 6.56. The monoisotopic (exact) mass is 269 g/mol. The summed E-state index contributed by atoms with van der Waals surface area (Å²) in [6, 6.07) is 0. The number of halogens is 1. The molecule has 0 spiro atoms. The van der Waals surface area contributed by atoms with Gasteiger partial charge in [-0.25, -0.2) is 0 Å². The smallest absolute Gasteiger partial charge is 0.0292 e. The van der Waals surface area contributed by atoms with E-state index in [1.807, 2.05) is 0 Å². The van der Waals surface area contributed by atoms with E-state index in [1.54, 1.807) is 0 Å². The standard InChI is InChI=1S/C16H28ClN/c17-11-16(6-2-1-3-7-16)12-18-10-15-9-13-4-5-14(15)8-13/h13-15,18H,1-12H2. The van der Waals surface area contributed by atoms with Crippen LogP contribution in [0.5, 0.6) is 0 Å². The van der Waals surface area contributed by atoms with E-state index in [0.29, 0.717) is 5.41 Å². The molecule has 0 amide bonds. The molecule has 0 heterocycles. The van der Waals surface area contributed by atoms with Crippen LogP contribution in [0.25, 0.3) is 0 Å². The highest BCUT2D eigenvalue weighted by Gasteiger charge is 2.39. The molecule has 3 aliphatic carbocycles. The normalized spacial score (nSPS) is 38.2. The van der Waals surface area contributed by atoms with Gasteiger partial charge in [0.2, 0.25) is 0 Å². The van der Waals surface area contributed by atoms with E-state index < -0.39 is 0 Å². The van der Waals surface area contributed by atoms with Gasteiger partial charge in [0.25, 0.3) is 0 Å². The maximum absolute atomic E-state index is 6.26. The maximum Gasteiger partial charge on any atom is 0.0292 e. The van der Waals surface area contributed by atoms with Crippen LogP contribution in [0.3, 0.4) is 0 Å². The second-order valence-corrected chi connectivity index (χ2v) is 7.53. The third-order valence-electron chi connectivity index (χ3n) is 5.99. The van der Waals surface area contributed by atoms with E-state index >= 15 is 0 Å². The molecule has 3 rings (SSSR count). The van der Waals surface area contributed by atoms with Gasteiger partial charge in [-0.2, -0.15) is 0 Å². The predicted octanol–water partition coefficient (Wildman–Crippen LogP) is 4.20. The predicted molar refractivity (Wildman–Crippen MR) is 78.0 cm³/mol. The minimum absolute atomic E-state index is 0.428. The molecular weight excluding hydrogens is 242 g/mol. The quantitative estimate of drug-likeness (QED) is 0.738. The summed E-state index contributed by atoms with van der Waals surface area (Å²) < 4.78 is 0. The summed E-state index contributed by atoms with van der Waals surface area (Å²) in [4.78, 5) is 0. The molecule has 0 aromatic carbocycles. The zero-order valence-corrected chi connectivity index (χ0v) is 12.4. The molecule has 1 nitrogen and oxygen atoms in total. The molecule has 2 bridgehead atoms. The summed E-state index contributed by atoms with van der Waals surface area (Å²) in [6.45, 7) is 2.43. The number of hydrogen-bond donors (Lipinski definition) is 1. The van der Waals surface area contributed by atoms with Crippen molar-refractivity contribution in [2.24, 2.45) is 23.2 Å². The minimum Gasteiger partial charge on any atom is -0.316 e. The molecule has 0 aromatic rings. The van der Waals surface area contributed by atoms with Gasteiger partial charge in [0.05, 0.1) is 0 Å². The fourth-order valence-corrected chi connectivity index (χ4v) is 5.17. The van der Waals surface area contributed by atoms with Crippen molar-refractivity contribution in [1.29, 1.82) is 0 Å². The molecule has 3 aliphatic rings.